The SMILES string of the molecule is O=C(CCCNC(=O)C1CC1)NCC1(c2cccs2)CCCC1. The highest BCUT2D eigenvalue weighted by Gasteiger charge is 2.36. The first-order valence-electron chi connectivity index (χ1n) is 8.78. The minimum Gasteiger partial charge on any atom is -0.356 e. The van der Waals surface area contributed by atoms with E-state index in [-0.39, 0.29) is 23.1 Å². The van der Waals surface area contributed by atoms with Gasteiger partial charge in [-0.25, -0.2) is 0 Å². The number of rotatable bonds is 8. The molecule has 2 aliphatic rings. The summed E-state index contributed by atoms with van der Waals surface area (Å²) in [6.07, 6.45) is 8.11. The van der Waals surface area contributed by atoms with E-state index in [0.29, 0.717) is 13.0 Å². The zero-order valence-electron chi connectivity index (χ0n) is 13.6. The molecule has 0 atom stereocenters. The van der Waals surface area contributed by atoms with E-state index in [1.54, 1.807) is 11.3 Å². The van der Waals surface area contributed by atoms with Crippen LogP contribution in [0.4, 0.5) is 0 Å². The second-order valence-corrected chi connectivity index (χ2v) is 7.86. The minimum absolute atomic E-state index is 0.105. The number of nitrogens with one attached hydrogen (secondary N) is 2. The second kappa shape index (κ2) is 7.47. The number of carbonyl (C=O) groups excluding carboxylic acids is 2. The van der Waals surface area contributed by atoms with Crippen LogP contribution in [0, 0.1) is 5.92 Å². The van der Waals surface area contributed by atoms with Gasteiger partial charge in [-0.3, -0.25) is 9.59 Å². The van der Waals surface area contributed by atoms with Crippen LogP contribution in [-0.4, -0.2) is 24.9 Å². The first-order valence-corrected chi connectivity index (χ1v) is 9.66. The largest absolute Gasteiger partial charge is 0.356 e. The van der Waals surface area contributed by atoms with Gasteiger partial charge in [0, 0.05) is 35.7 Å². The molecular formula is C18H26N2O2S. The molecular weight excluding hydrogens is 308 g/mol. The lowest BCUT2D eigenvalue weighted by Gasteiger charge is -2.28. The Hall–Kier alpha value is -1.36. The van der Waals surface area contributed by atoms with Crippen molar-refractivity contribution in [2.45, 2.75) is 56.8 Å². The highest BCUT2D eigenvalue weighted by atomic mass is 32.1. The predicted molar refractivity (Wildman–Crippen MR) is 92.4 cm³/mol. The highest BCUT2D eigenvalue weighted by Crippen LogP contribution is 2.42. The Labute approximate surface area is 142 Å². The van der Waals surface area contributed by atoms with Crippen molar-refractivity contribution in [2.75, 3.05) is 13.1 Å². The second-order valence-electron chi connectivity index (χ2n) is 6.91. The number of thiophene rings is 1. The van der Waals surface area contributed by atoms with Crippen LogP contribution in [0.15, 0.2) is 17.5 Å². The molecule has 126 valence electrons. The van der Waals surface area contributed by atoms with Gasteiger partial charge >= 0.3 is 0 Å². The van der Waals surface area contributed by atoms with E-state index in [0.717, 1.165) is 25.8 Å². The molecule has 2 N–H and O–H groups in total. The Morgan fingerprint density at radius 1 is 1.22 bits per heavy atom. The normalized spacial score (nSPS) is 19.5. The van der Waals surface area contributed by atoms with Gasteiger partial charge in [0.15, 0.2) is 0 Å². The summed E-state index contributed by atoms with van der Waals surface area (Å²) in [5.41, 5.74) is 0.157. The monoisotopic (exact) mass is 334 g/mol. The van der Waals surface area contributed by atoms with Gasteiger partial charge in [-0.2, -0.15) is 0 Å². The summed E-state index contributed by atoms with van der Waals surface area (Å²) in [7, 11) is 0. The molecule has 0 spiro atoms. The van der Waals surface area contributed by atoms with Gasteiger partial charge < -0.3 is 10.6 Å². The van der Waals surface area contributed by atoms with Gasteiger partial charge in [-0.05, 0) is 43.6 Å². The summed E-state index contributed by atoms with van der Waals surface area (Å²) in [5, 5.41) is 8.17. The lowest BCUT2D eigenvalue weighted by Crippen LogP contribution is -2.38. The van der Waals surface area contributed by atoms with Crippen molar-refractivity contribution in [3.8, 4) is 0 Å². The fourth-order valence-corrected chi connectivity index (χ4v) is 4.44. The maximum atomic E-state index is 12.1. The van der Waals surface area contributed by atoms with E-state index >= 15 is 0 Å². The van der Waals surface area contributed by atoms with Crippen LogP contribution in [0.5, 0.6) is 0 Å². The van der Waals surface area contributed by atoms with Crippen LogP contribution in [0.3, 0.4) is 0 Å². The Morgan fingerprint density at radius 3 is 2.65 bits per heavy atom. The summed E-state index contributed by atoms with van der Waals surface area (Å²) in [6, 6.07) is 4.31. The van der Waals surface area contributed by atoms with E-state index < -0.39 is 0 Å². The van der Waals surface area contributed by atoms with Crippen molar-refractivity contribution in [3.05, 3.63) is 22.4 Å². The van der Waals surface area contributed by atoms with Crippen LogP contribution in [0.25, 0.3) is 0 Å². The Kier molecular flexibility index (Phi) is 5.36. The van der Waals surface area contributed by atoms with E-state index in [9.17, 15) is 9.59 Å². The third kappa shape index (κ3) is 4.34. The van der Waals surface area contributed by atoms with Gasteiger partial charge in [-0.15, -0.1) is 11.3 Å². The lowest BCUT2D eigenvalue weighted by molar-refractivity contribution is -0.123. The average molecular weight is 334 g/mol. The van der Waals surface area contributed by atoms with Crippen LogP contribution in [0.2, 0.25) is 0 Å². The number of carbonyl (C=O) groups is 2. The molecule has 5 heteroatoms. The molecule has 0 bridgehead atoms. The third-order valence-electron chi connectivity index (χ3n) is 5.06. The minimum atomic E-state index is 0.105. The van der Waals surface area contributed by atoms with Gasteiger partial charge in [0.2, 0.25) is 11.8 Å². The van der Waals surface area contributed by atoms with Crippen LogP contribution < -0.4 is 10.6 Å². The zero-order valence-corrected chi connectivity index (χ0v) is 14.4. The molecule has 2 saturated carbocycles. The summed E-state index contributed by atoms with van der Waals surface area (Å²) >= 11 is 1.81. The van der Waals surface area contributed by atoms with Crippen molar-refractivity contribution in [3.63, 3.8) is 0 Å². The Bertz CT molecular complexity index is 531. The molecule has 0 aromatic carbocycles. The highest BCUT2D eigenvalue weighted by molar-refractivity contribution is 7.10. The molecule has 1 aromatic heterocycles. The molecule has 0 aliphatic heterocycles. The Morgan fingerprint density at radius 2 is 2.00 bits per heavy atom. The molecule has 1 heterocycles. The topological polar surface area (TPSA) is 58.2 Å². The average Bonchev–Trinajstić information content (AvgIpc) is 3.06. The van der Waals surface area contributed by atoms with Gasteiger partial charge in [0.05, 0.1) is 0 Å². The number of hydrogen-bond donors (Lipinski definition) is 2. The van der Waals surface area contributed by atoms with Crippen LogP contribution >= 0.6 is 11.3 Å². The molecule has 1 aromatic rings. The molecule has 23 heavy (non-hydrogen) atoms. The van der Waals surface area contributed by atoms with Gasteiger partial charge in [0.1, 0.15) is 0 Å². The molecule has 3 rings (SSSR count). The molecule has 0 radical (unpaired) electrons. The molecule has 2 amide bonds. The molecule has 2 aliphatic carbocycles. The summed E-state index contributed by atoms with van der Waals surface area (Å²) in [4.78, 5) is 25.0. The van der Waals surface area contributed by atoms with E-state index in [1.165, 1.54) is 30.6 Å². The summed E-state index contributed by atoms with van der Waals surface area (Å²) in [5.74, 6) is 0.512. The number of hydrogen-bond acceptors (Lipinski definition) is 3. The zero-order chi connectivity index (χ0) is 16.1. The smallest absolute Gasteiger partial charge is 0.223 e. The predicted octanol–water partition coefficient (Wildman–Crippen LogP) is 2.98. The third-order valence-corrected chi connectivity index (χ3v) is 6.17. The summed E-state index contributed by atoms with van der Waals surface area (Å²) in [6.45, 7) is 1.36. The van der Waals surface area contributed by atoms with Crippen LogP contribution in [0.1, 0.15) is 56.2 Å². The molecule has 0 saturated heterocycles. The van der Waals surface area contributed by atoms with E-state index in [1.807, 2.05) is 0 Å². The van der Waals surface area contributed by atoms with Crippen molar-refractivity contribution >= 4 is 23.2 Å². The van der Waals surface area contributed by atoms with Crippen molar-refractivity contribution < 1.29 is 9.59 Å². The summed E-state index contributed by atoms with van der Waals surface area (Å²) < 4.78 is 0. The fourth-order valence-electron chi connectivity index (χ4n) is 3.45. The Balaban J connectivity index is 1.38. The maximum Gasteiger partial charge on any atom is 0.223 e. The van der Waals surface area contributed by atoms with Gasteiger partial charge in [0.25, 0.3) is 0 Å². The number of amides is 2. The molecule has 4 nitrogen and oxygen atoms in total. The molecule has 0 unspecified atom stereocenters. The van der Waals surface area contributed by atoms with E-state index in [2.05, 4.69) is 28.1 Å². The van der Waals surface area contributed by atoms with E-state index in [4.69, 9.17) is 0 Å². The van der Waals surface area contributed by atoms with Crippen molar-refractivity contribution in [1.29, 1.82) is 0 Å². The first kappa shape index (κ1) is 16.5. The van der Waals surface area contributed by atoms with Crippen LogP contribution in [-0.2, 0) is 15.0 Å². The first-order chi connectivity index (χ1) is 11.2. The maximum absolute atomic E-state index is 12.1. The quantitative estimate of drug-likeness (QED) is 0.718. The van der Waals surface area contributed by atoms with Crippen molar-refractivity contribution in [1.82, 2.24) is 10.6 Å². The van der Waals surface area contributed by atoms with Gasteiger partial charge in [-0.1, -0.05) is 18.9 Å². The fraction of sp³-hybridized carbons (Fsp3) is 0.667. The lowest BCUT2D eigenvalue weighted by atomic mass is 9.84. The standard InChI is InChI=1S/C18H26N2O2S/c21-16(6-3-11-19-17(22)14-7-8-14)20-13-18(9-1-2-10-18)15-5-4-12-23-15/h4-5,12,14H,1-3,6-11,13H2,(H,19,22)(H,20,21). The van der Waals surface area contributed by atoms with Crippen molar-refractivity contribution in [2.24, 2.45) is 5.92 Å². The molecule has 2 fully saturated rings.